The summed E-state index contributed by atoms with van der Waals surface area (Å²) in [6.45, 7) is 4.10. The number of hydrogen-bond acceptors (Lipinski definition) is 4. The predicted octanol–water partition coefficient (Wildman–Crippen LogP) is 3.12. The van der Waals surface area contributed by atoms with Crippen molar-refractivity contribution in [1.29, 1.82) is 0 Å². The monoisotopic (exact) mass is 262 g/mol. The molecule has 2 heterocycles. The normalized spacial score (nSPS) is 11.6. The van der Waals surface area contributed by atoms with E-state index in [-0.39, 0.29) is 11.7 Å². The van der Waals surface area contributed by atoms with E-state index in [4.69, 9.17) is 0 Å². The third kappa shape index (κ3) is 1.78. The van der Waals surface area contributed by atoms with Crippen molar-refractivity contribution in [3.63, 3.8) is 0 Å². The zero-order valence-corrected chi connectivity index (χ0v) is 10.8. The van der Waals surface area contributed by atoms with E-state index in [0.29, 0.717) is 0 Å². The van der Waals surface area contributed by atoms with E-state index in [1.807, 2.05) is 13.8 Å². The quantitative estimate of drug-likeness (QED) is 0.712. The SMILES string of the molecule is CC(C)c1nnc2sc(-c3ccc(F)cc3)nn12. The van der Waals surface area contributed by atoms with Crippen LogP contribution in [0.25, 0.3) is 15.5 Å². The molecule has 1 aromatic carbocycles. The molecule has 0 radical (unpaired) electrons. The molecule has 18 heavy (non-hydrogen) atoms. The lowest BCUT2D eigenvalue weighted by Crippen LogP contribution is -1.97. The third-order valence-corrected chi connectivity index (χ3v) is 3.57. The maximum absolute atomic E-state index is 12.9. The molecule has 0 atom stereocenters. The van der Waals surface area contributed by atoms with Crippen LogP contribution in [0.4, 0.5) is 4.39 Å². The molecule has 0 saturated carbocycles. The first-order chi connectivity index (χ1) is 8.65. The minimum absolute atomic E-state index is 0.246. The van der Waals surface area contributed by atoms with Crippen LogP contribution in [0.1, 0.15) is 25.6 Å². The van der Waals surface area contributed by atoms with Gasteiger partial charge in [-0.3, -0.25) is 0 Å². The molecule has 0 spiro atoms. The number of aromatic nitrogens is 4. The van der Waals surface area contributed by atoms with E-state index in [2.05, 4.69) is 15.3 Å². The summed E-state index contributed by atoms with van der Waals surface area (Å²) in [7, 11) is 0. The van der Waals surface area contributed by atoms with Gasteiger partial charge < -0.3 is 0 Å². The van der Waals surface area contributed by atoms with Crippen molar-refractivity contribution < 1.29 is 4.39 Å². The van der Waals surface area contributed by atoms with Crippen LogP contribution in [0, 0.1) is 5.82 Å². The second-order valence-electron chi connectivity index (χ2n) is 4.32. The lowest BCUT2D eigenvalue weighted by molar-refractivity contribution is 0.628. The summed E-state index contributed by atoms with van der Waals surface area (Å²) < 4.78 is 14.6. The molecular weight excluding hydrogens is 251 g/mol. The summed E-state index contributed by atoms with van der Waals surface area (Å²) in [4.78, 5) is 0.762. The van der Waals surface area contributed by atoms with Crippen LogP contribution < -0.4 is 0 Å². The van der Waals surface area contributed by atoms with Crippen LogP contribution in [0.5, 0.6) is 0 Å². The van der Waals surface area contributed by atoms with Gasteiger partial charge in [-0.2, -0.15) is 9.61 Å². The Kier molecular flexibility index (Phi) is 2.59. The van der Waals surface area contributed by atoms with Gasteiger partial charge in [-0.05, 0) is 24.3 Å². The summed E-state index contributed by atoms with van der Waals surface area (Å²) in [5.74, 6) is 0.863. The second-order valence-corrected chi connectivity index (χ2v) is 5.28. The standard InChI is InChI=1S/C12H11FN4S/c1-7(2)10-14-15-12-17(10)16-11(18-12)8-3-5-9(13)6-4-8/h3-7H,1-2H3. The summed E-state index contributed by atoms with van der Waals surface area (Å²) in [6, 6.07) is 6.30. The molecule has 2 aromatic heterocycles. The Morgan fingerprint density at radius 3 is 2.56 bits per heavy atom. The van der Waals surface area contributed by atoms with Crippen molar-refractivity contribution >= 4 is 16.3 Å². The third-order valence-electron chi connectivity index (χ3n) is 2.62. The van der Waals surface area contributed by atoms with Gasteiger partial charge >= 0.3 is 0 Å². The summed E-state index contributed by atoms with van der Waals surface area (Å²) >= 11 is 1.45. The molecule has 4 nitrogen and oxygen atoms in total. The van der Waals surface area contributed by atoms with Crippen molar-refractivity contribution in [1.82, 2.24) is 19.8 Å². The lowest BCUT2D eigenvalue weighted by atomic mass is 10.2. The van der Waals surface area contributed by atoms with E-state index in [1.165, 1.54) is 23.5 Å². The van der Waals surface area contributed by atoms with Gasteiger partial charge in [0.25, 0.3) is 0 Å². The molecule has 0 aliphatic carbocycles. The molecule has 3 aromatic rings. The minimum atomic E-state index is -0.246. The number of halogens is 1. The van der Waals surface area contributed by atoms with Crippen molar-refractivity contribution in [3.05, 3.63) is 35.9 Å². The van der Waals surface area contributed by atoms with Gasteiger partial charge in [-0.1, -0.05) is 25.2 Å². The van der Waals surface area contributed by atoms with Gasteiger partial charge in [0.1, 0.15) is 10.8 Å². The van der Waals surface area contributed by atoms with Crippen molar-refractivity contribution in [2.75, 3.05) is 0 Å². The molecule has 3 rings (SSSR count). The first kappa shape index (κ1) is 11.3. The second kappa shape index (κ2) is 4.13. The first-order valence-electron chi connectivity index (χ1n) is 5.63. The average Bonchev–Trinajstić information content (AvgIpc) is 2.88. The largest absolute Gasteiger partial charge is 0.234 e. The Balaban J connectivity index is 2.11. The van der Waals surface area contributed by atoms with Crippen molar-refractivity contribution in [2.45, 2.75) is 19.8 Å². The topological polar surface area (TPSA) is 43.1 Å². The molecule has 0 saturated heterocycles. The van der Waals surface area contributed by atoms with Crippen molar-refractivity contribution in [3.8, 4) is 10.6 Å². The lowest BCUT2D eigenvalue weighted by Gasteiger charge is -1.98. The van der Waals surface area contributed by atoms with Gasteiger partial charge in [-0.25, -0.2) is 4.39 Å². The Morgan fingerprint density at radius 1 is 1.17 bits per heavy atom. The number of nitrogens with zero attached hydrogens (tertiary/aromatic N) is 4. The fraction of sp³-hybridized carbons (Fsp3) is 0.250. The van der Waals surface area contributed by atoms with Gasteiger partial charge in [0, 0.05) is 11.5 Å². The number of benzene rings is 1. The number of hydrogen-bond donors (Lipinski definition) is 0. The van der Waals surface area contributed by atoms with Crippen LogP contribution in [0.2, 0.25) is 0 Å². The highest BCUT2D eigenvalue weighted by Crippen LogP contribution is 2.26. The maximum atomic E-state index is 12.9. The zero-order chi connectivity index (χ0) is 12.7. The number of rotatable bonds is 2. The highest BCUT2D eigenvalue weighted by atomic mass is 32.1. The van der Waals surface area contributed by atoms with E-state index in [1.54, 1.807) is 16.6 Å². The molecule has 0 aliphatic rings. The van der Waals surface area contributed by atoms with Crippen LogP contribution in [0.15, 0.2) is 24.3 Å². The summed E-state index contributed by atoms with van der Waals surface area (Å²) in [5.41, 5.74) is 0.890. The Morgan fingerprint density at radius 2 is 1.89 bits per heavy atom. The van der Waals surface area contributed by atoms with E-state index < -0.39 is 0 Å². The smallest absolute Gasteiger partial charge is 0.207 e. The van der Waals surface area contributed by atoms with E-state index in [9.17, 15) is 4.39 Å². The van der Waals surface area contributed by atoms with Gasteiger partial charge in [0.15, 0.2) is 5.82 Å². The fourth-order valence-corrected chi connectivity index (χ4v) is 2.55. The maximum Gasteiger partial charge on any atom is 0.234 e. The minimum Gasteiger partial charge on any atom is -0.207 e. The molecule has 0 N–H and O–H groups in total. The molecule has 92 valence electrons. The molecule has 0 fully saturated rings. The van der Waals surface area contributed by atoms with Gasteiger partial charge in [-0.15, -0.1) is 10.2 Å². The highest BCUT2D eigenvalue weighted by Gasteiger charge is 2.14. The Hall–Kier alpha value is -1.82. The Labute approximate surface area is 107 Å². The molecule has 0 aliphatic heterocycles. The van der Waals surface area contributed by atoms with Crippen LogP contribution in [-0.4, -0.2) is 19.8 Å². The summed E-state index contributed by atoms with van der Waals surface area (Å²) in [5, 5.41) is 13.5. The predicted molar refractivity (Wildman–Crippen MR) is 68.1 cm³/mol. The molecule has 0 unspecified atom stereocenters. The Bertz CT molecular complexity index is 684. The molecule has 0 bridgehead atoms. The van der Waals surface area contributed by atoms with Gasteiger partial charge in [0.2, 0.25) is 4.96 Å². The van der Waals surface area contributed by atoms with E-state index >= 15 is 0 Å². The first-order valence-corrected chi connectivity index (χ1v) is 6.45. The molecule has 6 heteroatoms. The van der Waals surface area contributed by atoms with Crippen LogP contribution in [-0.2, 0) is 0 Å². The van der Waals surface area contributed by atoms with Gasteiger partial charge in [0.05, 0.1) is 0 Å². The zero-order valence-electron chi connectivity index (χ0n) is 9.96. The van der Waals surface area contributed by atoms with Crippen molar-refractivity contribution in [2.24, 2.45) is 0 Å². The highest BCUT2D eigenvalue weighted by molar-refractivity contribution is 7.19. The van der Waals surface area contributed by atoms with Crippen LogP contribution in [0.3, 0.4) is 0 Å². The fourth-order valence-electron chi connectivity index (χ4n) is 1.70. The average molecular weight is 262 g/mol. The van der Waals surface area contributed by atoms with Crippen LogP contribution >= 0.6 is 11.3 Å². The summed E-state index contributed by atoms with van der Waals surface area (Å²) in [6.07, 6.45) is 0. The number of fused-ring (bicyclic) bond motifs is 1. The molecule has 0 amide bonds. The molecular formula is C12H11FN4S. The van der Waals surface area contributed by atoms with E-state index in [0.717, 1.165) is 21.4 Å².